The van der Waals surface area contributed by atoms with Gasteiger partial charge in [-0.05, 0) is 34.4 Å². The Morgan fingerprint density at radius 2 is 1.95 bits per heavy atom. The number of halogens is 3. The standard InChI is InChI=1S/C10H11F3O5PS2/c1-3-7-5-4-6-8(20-10(11,12)13)9(7)21(15,16)18-17-19(2)14/h4-6H,3H2,1-2H3/q+1. The van der Waals surface area contributed by atoms with Crippen molar-refractivity contribution in [3.05, 3.63) is 23.8 Å². The molecule has 0 aliphatic rings. The number of alkyl halides is 3. The Hall–Kier alpha value is -0.670. The van der Waals surface area contributed by atoms with Crippen LogP contribution in [0.15, 0.2) is 28.0 Å². The van der Waals surface area contributed by atoms with Gasteiger partial charge in [-0.15, -0.1) is 0 Å². The first-order valence-corrected chi connectivity index (χ1v) is 9.31. The minimum Gasteiger partial charge on any atom is -0.191 e. The number of thioether (sulfide) groups is 1. The van der Waals surface area contributed by atoms with Crippen LogP contribution in [-0.4, -0.2) is 20.6 Å². The molecule has 0 N–H and O–H groups in total. The lowest BCUT2D eigenvalue weighted by Gasteiger charge is -2.13. The fraction of sp³-hybridized carbons (Fsp3) is 0.400. The largest absolute Gasteiger partial charge is 0.537 e. The highest BCUT2D eigenvalue weighted by molar-refractivity contribution is 8.00. The summed E-state index contributed by atoms with van der Waals surface area (Å²) in [6.07, 6.45) is 0.169. The van der Waals surface area contributed by atoms with Crippen LogP contribution in [0.25, 0.3) is 0 Å². The summed E-state index contributed by atoms with van der Waals surface area (Å²) in [6, 6.07) is 3.69. The average molecular weight is 363 g/mol. The molecule has 0 saturated heterocycles. The van der Waals surface area contributed by atoms with Crippen molar-refractivity contribution in [1.82, 2.24) is 0 Å². The molecule has 0 aliphatic carbocycles. The van der Waals surface area contributed by atoms with Crippen molar-refractivity contribution in [2.45, 2.75) is 28.6 Å². The Kier molecular flexibility index (Phi) is 6.18. The summed E-state index contributed by atoms with van der Waals surface area (Å²) in [5.41, 5.74) is -4.52. The Morgan fingerprint density at radius 1 is 1.33 bits per heavy atom. The third-order valence-electron chi connectivity index (χ3n) is 2.14. The van der Waals surface area contributed by atoms with Crippen molar-refractivity contribution in [3.63, 3.8) is 0 Å². The lowest BCUT2D eigenvalue weighted by molar-refractivity contribution is -0.0835. The SMILES string of the molecule is CCc1cccc(SC(F)(F)F)c1S(=O)(=O)OO[P+](C)=O. The smallest absolute Gasteiger partial charge is 0.191 e. The van der Waals surface area contributed by atoms with Crippen molar-refractivity contribution in [3.8, 4) is 0 Å². The minimum absolute atomic E-state index is 0.138. The highest BCUT2D eigenvalue weighted by atomic mass is 32.2. The van der Waals surface area contributed by atoms with E-state index >= 15 is 0 Å². The first kappa shape index (κ1) is 18.4. The number of aryl methyl sites for hydroxylation is 1. The van der Waals surface area contributed by atoms with Gasteiger partial charge in [0.15, 0.2) is 6.66 Å². The predicted molar refractivity (Wildman–Crippen MR) is 70.6 cm³/mol. The second kappa shape index (κ2) is 7.06. The Labute approximate surface area is 124 Å². The maximum absolute atomic E-state index is 12.5. The molecule has 0 heterocycles. The molecule has 11 heteroatoms. The second-order valence-corrected chi connectivity index (χ2v) is 7.27. The molecular formula is C10H11F3O5PS2+. The molecule has 1 aromatic rings. The zero-order valence-electron chi connectivity index (χ0n) is 10.9. The molecule has 1 atom stereocenters. The van der Waals surface area contributed by atoms with Gasteiger partial charge in [0.2, 0.25) is 0 Å². The van der Waals surface area contributed by atoms with Gasteiger partial charge < -0.3 is 0 Å². The lowest BCUT2D eigenvalue weighted by atomic mass is 10.2. The molecule has 0 amide bonds. The summed E-state index contributed by atoms with van der Waals surface area (Å²) in [6.45, 7) is 2.62. The zero-order valence-corrected chi connectivity index (χ0v) is 13.4. The van der Waals surface area contributed by atoms with Crippen molar-refractivity contribution in [1.29, 1.82) is 0 Å². The van der Waals surface area contributed by atoms with E-state index in [0.717, 1.165) is 12.7 Å². The van der Waals surface area contributed by atoms with Crippen molar-refractivity contribution in [2.75, 3.05) is 6.66 Å². The van der Waals surface area contributed by atoms with Crippen LogP contribution in [0.5, 0.6) is 0 Å². The molecule has 1 rings (SSSR count). The van der Waals surface area contributed by atoms with Crippen LogP contribution in [0.1, 0.15) is 12.5 Å². The maximum atomic E-state index is 12.5. The van der Waals surface area contributed by atoms with Gasteiger partial charge in [0.1, 0.15) is 4.90 Å². The molecule has 0 saturated carbocycles. The van der Waals surface area contributed by atoms with Gasteiger partial charge in [-0.3, -0.25) is 0 Å². The first-order chi connectivity index (χ1) is 9.57. The molecule has 0 aromatic heterocycles. The van der Waals surface area contributed by atoms with E-state index in [1.807, 2.05) is 0 Å². The monoisotopic (exact) mass is 363 g/mol. The summed E-state index contributed by atoms with van der Waals surface area (Å²) in [5.74, 6) is 0. The molecule has 0 fully saturated rings. The molecule has 1 aromatic carbocycles. The van der Waals surface area contributed by atoms with E-state index in [0.29, 0.717) is 0 Å². The molecular weight excluding hydrogens is 352 g/mol. The van der Waals surface area contributed by atoms with Crippen LogP contribution in [0, 0.1) is 0 Å². The van der Waals surface area contributed by atoms with Crippen molar-refractivity contribution < 1.29 is 35.2 Å². The number of benzene rings is 1. The van der Waals surface area contributed by atoms with Crippen LogP contribution < -0.4 is 0 Å². The lowest BCUT2D eigenvalue weighted by Crippen LogP contribution is -2.11. The average Bonchev–Trinajstić information content (AvgIpc) is 2.34. The molecule has 0 radical (unpaired) electrons. The van der Waals surface area contributed by atoms with Gasteiger partial charge in [-0.1, -0.05) is 23.4 Å². The van der Waals surface area contributed by atoms with Crippen molar-refractivity contribution in [2.24, 2.45) is 0 Å². The summed E-state index contributed by atoms with van der Waals surface area (Å²) < 4.78 is 80.4. The molecule has 0 aliphatic heterocycles. The number of rotatable bonds is 6. The third kappa shape index (κ3) is 5.55. The first-order valence-electron chi connectivity index (χ1n) is 5.46. The maximum Gasteiger partial charge on any atom is 0.537 e. The van der Waals surface area contributed by atoms with Gasteiger partial charge >= 0.3 is 23.7 Å². The normalized spacial score (nSPS) is 13.3. The summed E-state index contributed by atoms with van der Waals surface area (Å²) in [5, 5.41) is 0. The second-order valence-electron chi connectivity index (χ2n) is 3.68. The third-order valence-corrected chi connectivity index (χ3v) is 4.68. The van der Waals surface area contributed by atoms with E-state index in [1.165, 1.54) is 12.1 Å². The van der Waals surface area contributed by atoms with E-state index in [9.17, 15) is 26.2 Å². The minimum atomic E-state index is -4.66. The fourth-order valence-corrected chi connectivity index (χ4v) is 4.08. The van der Waals surface area contributed by atoms with Gasteiger partial charge in [-0.2, -0.15) is 21.6 Å². The number of hydrogen-bond acceptors (Lipinski definition) is 6. The van der Waals surface area contributed by atoms with Gasteiger partial charge in [-0.25, -0.2) is 0 Å². The van der Waals surface area contributed by atoms with Gasteiger partial charge in [0.05, 0.1) is 0 Å². The van der Waals surface area contributed by atoms with E-state index in [1.54, 1.807) is 6.92 Å². The Balaban J connectivity index is 3.33. The number of hydrogen-bond donors (Lipinski definition) is 0. The highest BCUT2D eigenvalue weighted by Gasteiger charge is 2.35. The summed E-state index contributed by atoms with van der Waals surface area (Å²) >= 11 is -0.570. The zero-order chi connectivity index (χ0) is 16.3. The van der Waals surface area contributed by atoms with Crippen LogP contribution >= 0.6 is 19.8 Å². The Morgan fingerprint density at radius 3 is 2.43 bits per heavy atom. The van der Waals surface area contributed by atoms with E-state index < -0.39 is 45.2 Å². The van der Waals surface area contributed by atoms with Crippen LogP contribution in [-0.2, 0) is 30.1 Å². The van der Waals surface area contributed by atoms with E-state index in [-0.39, 0.29) is 12.0 Å². The molecule has 21 heavy (non-hydrogen) atoms. The molecule has 0 bridgehead atoms. The van der Waals surface area contributed by atoms with Gasteiger partial charge in [0, 0.05) is 9.57 Å². The van der Waals surface area contributed by atoms with E-state index in [4.69, 9.17) is 0 Å². The molecule has 1 unspecified atom stereocenters. The molecule has 5 nitrogen and oxygen atoms in total. The van der Waals surface area contributed by atoms with Crippen LogP contribution in [0.3, 0.4) is 0 Å². The van der Waals surface area contributed by atoms with E-state index in [2.05, 4.69) is 9.01 Å². The molecule has 118 valence electrons. The highest BCUT2D eigenvalue weighted by Crippen LogP contribution is 2.41. The molecule has 0 spiro atoms. The fourth-order valence-electron chi connectivity index (χ4n) is 1.45. The summed E-state index contributed by atoms with van der Waals surface area (Å²) in [7, 11) is -7.01. The van der Waals surface area contributed by atoms with Gasteiger partial charge in [0.25, 0.3) is 0 Å². The predicted octanol–water partition coefficient (Wildman–Crippen LogP) is 3.87. The Bertz CT molecular complexity index is 630. The topological polar surface area (TPSA) is 69.7 Å². The van der Waals surface area contributed by atoms with Crippen LogP contribution in [0.2, 0.25) is 0 Å². The summed E-state index contributed by atoms with van der Waals surface area (Å²) in [4.78, 5) is -1.16. The van der Waals surface area contributed by atoms with Crippen LogP contribution in [0.4, 0.5) is 13.2 Å². The van der Waals surface area contributed by atoms with Crippen molar-refractivity contribution >= 4 is 29.9 Å². The quantitative estimate of drug-likeness (QED) is 0.331.